The summed E-state index contributed by atoms with van der Waals surface area (Å²) in [6.45, 7) is 12.0. The number of hydrogen-bond donors (Lipinski definition) is 0. The Morgan fingerprint density at radius 3 is 1.18 bits per heavy atom. The second-order valence-corrected chi connectivity index (χ2v) is 4.18. The topological polar surface area (TPSA) is 7.76 Å². The maximum absolute atomic E-state index is 2.18. The van der Waals surface area contributed by atoms with Crippen LogP contribution in [0, 0.1) is 0 Å². The standard InChI is InChI=1S/C14H14N2.3C2H6/c1-15-9-3-5-11-7-8-12-6-4-10-16(2)14(12)13(11)15;3*1-2/h3-10H,1-2H3;3*1-2H3/q+2;;;. The molecule has 0 radical (unpaired) electrons. The number of benzene rings is 1. The van der Waals surface area contributed by atoms with Crippen LogP contribution in [0.4, 0.5) is 0 Å². The monoisotopic (exact) mass is 300 g/mol. The van der Waals surface area contributed by atoms with Crippen molar-refractivity contribution in [3.63, 3.8) is 0 Å². The molecule has 22 heavy (non-hydrogen) atoms. The van der Waals surface area contributed by atoms with Gasteiger partial charge in [-0.15, -0.1) is 0 Å². The Morgan fingerprint density at radius 2 is 0.864 bits per heavy atom. The predicted octanol–water partition coefficient (Wildman–Crippen LogP) is 4.72. The lowest BCUT2D eigenvalue weighted by Crippen LogP contribution is -2.34. The smallest absolute Gasteiger partial charge is 0.195 e. The van der Waals surface area contributed by atoms with Crippen LogP contribution in [-0.4, -0.2) is 0 Å². The summed E-state index contributed by atoms with van der Waals surface area (Å²) in [5.74, 6) is 0. The van der Waals surface area contributed by atoms with Crippen molar-refractivity contribution >= 4 is 21.8 Å². The summed E-state index contributed by atoms with van der Waals surface area (Å²) < 4.78 is 4.36. The molecule has 0 saturated carbocycles. The Kier molecular flexibility index (Phi) is 9.77. The largest absolute Gasteiger partial charge is 0.285 e. The molecule has 120 valence electrons. The first-order chi connectivity index (χ1) is 10.8. The van der Waals surface area contributed by atoms with Gasteiger partial charge in [0.15, 0.2) is 12.4 Å². The minimum Gasteiger partial charge on any atom is -0.195 e. The van der Waals surface area contributed by atoms with E-state index in [1.807, 2.05) is 41.5 Å². The minimum absolute atomic E-state index is 1.28. The van der Waals surface area contributed by atoms with Gasteiger partial charge in [-0.25, -0.2) is 0 Å². The summed E-state index contributed by atoms with van der Waals surface area (Å²) in [5.41, 5.74) is 2.56. The Bertz CT molecular complexity index is 627. The van der Waals surface area contributed by atoms with Crippen molar-refractivity contribution in [2.24, 2.45) is 14.1 Å². The lowest BCUT2D eigenvalue weighted by molar-refractivity contribution is -0.664. The molecule has 0 atom stereocenters. The number of fused-ring (bicyclic) bond motifs is 3. The highest BCUT2D eigenvalue weighted by Gasteiger charge is 2.16. The van der Waals surface area contributed by atoms with Crippen LogP contribution < -0.4 is 9.13 Å². The SMILES string of the molecule is CC.CC.CC.C[n+]1cccc2ccc3ccc[n+](C)c3c21. The number of aromatic nitrogens is 2. The molecular weight excluding hydrogens is 268 g/mol. The molecule has 1 aromatic carbocycles. The Hall–Kier alpha value is -1.96. The third kappa shape index (κ3) is 4.27. The van der Waals surface area contributed by atoms with E-state index in [2.05, 4.69) is 72.0 Å². The van der Waals surface area contributed by atoms with E-state index in [9.17, 15) is 0 Å². The van der Waals surface area contributed by atoms with E-state index in [0.29, 0.717) is 0 Å². The van der Waals surface area contributed by atoms with Crippen molar-refractivity contribution in [1.82, 2.24) is 0 Å². The van der Waals surface area contributed by atoms with Crippen molar-refractivity contribution in [3.05, 3.63) is 48.8 Å². The van der Waals surface area contributed by atoms with Gasteiger partial charge in [-0.2, -0.15) is 9.13 Å². The van der Waals surface area contributed by atoms with Crippen LogP contribution in [-0.2, 0) is 14.1 Å². The minimum atomic E-state index is 1.28. The van der Waals surface area contributed by atoms with E-state index < -0.39 is 0 Å². The van der Waals surface area contributed by atoms with Crippen LogP contribution in [0.2, 0.25) is 0 Å². The van der Waals surface area contributed by atoms with E-state index in [-0.39, 0.29) is 0 Å². The van der Waals surface area contributed by atoms with Gasteiger partial charge < -0.3 is 0 Å². The van der Waals surface area contributed by atoms with Crippen molar-refractivity contribution < 1.29 is 9.13 Å². The lowest BCUT2D eigenvalue weighted by Gasteiger charge is -1.99. The van der Waals surface area contributed by atoms with Gasteiger partial charge in [-0.3, -0.25) is 0 Å². The fraction of sp³-hybridized carbons (Fsp3) is 0.400. The number of pyridine rings is 2. The molecule has 3 rings (SSSR count). The number of rotatable bonds is 0. The lowest BCUT2D eigenvalue weighted by atomic mass is 10.1. The van der Waals surface area contributed by atoms with E-state index in [0.717, 1.165) is 0 Å². The van der Waals surface area contributed by atoms with Crippen molar-refractivity contribution in [2.45, 2.75) is 41.5 Å². The number of nitrogens with zero attached hydrogens (tertiary/aromatic N) is 2. The average Bonchev–Trinajstić information content (AvgIpc) is 2.60. The van der Waals surface area contributed by atoms with E-state index in [4.69, 9.17) is 0 Å². The van der Waals surface area contributed by atoms with Crippen LogP contribution in [0.15, 0.2) is 48.8 Å². The van der Waals surface area contributed by atoms with Crippen molar-refractivity contribution in [2.75, 3.05) is 0 Å². The Labute approximate surface area is 136 Å². The van der Waals surface area contributed by atoms with E-state index in [1.165, 1.54) is 21.8 Å². The first-order valence-corrected chi connectivity index (χ1v) is 8.43. The van der Waals surface area contributed by atoms with E-state index in [1.54, 1.807) is 0 Å². The molecule has 0 amide bonds. The first-order valence-electron chi connectivity index (χ1n) is 8.43. The van der Waals surface area contributed by atoms with Gasteiger partial charge in [0.2, 0.25) is 0 Å². The van der Waals surface area contributed by atoms with Crippen LogP contribution in [0.5, 0.6) is 0 Å². The molecule has 0 unspecified atom stereocenters. The van der Waals surface area contributed by atoms with Crippen molar-refractivity contribution in [1.29, 1.82) is 0 Å². The Balaban J connectivity index is 0.000000661. The highest BCUT2D eigenvalue weighted by molar-refractivity contribution is 5.98. The van der Waals surface area contributed by atoms with Crippen LogP contribution in [0.1, 0.15) is 41.5 Å². The molecule has 0 aliphatic carbocycles. The summed E-state index contributed by atoms with van der Waals surface area (Å²) in [7, 11) is 4.18. The molecule has 0 aliphatic rings. The third-order valence-electron chi connectivity index (χ3n) is 3.09. The van der Waals surface area contributed by atoms with Gasteiger partial charge >= 0.3 is 0 Å². The zero-order chi connectivity index (χ0) is 17.1. The summed E-state index contributed by atoms with van der Waals surface area (Å²) in [6, 6.07) is 12.8. The van der Waals surface area contributed by atoms with E-state index >= 15 is 0 Å². The maximum atomic E-state index is 2.18. The summed E-state index contributed by atoms with van der Waals surface area (Å²) >= 11 is 0. The molecule has 0 bridgehead atoms. The molecule has 2 nitrogen and oxygen atoms in total. The molecule has 0 saturated heterocycles. The van der Waals surface area contributed by atoms with Crippen molar-refractivity contribution in [3.8, 4) is 0 Å². The molecule has 0 spiro atoms. The third-order valence-corrected chi connectivity index (χ3v) is 3.09. The normalized spacial score (nSPS) is 8.91. The zero-order valence-electron chi connectivity index (χ0n) is 15.5. The second kappa shape index (κ2) is 10.7. The van der Waals surface area contributed by atoms with Gasteiger partial charge in [0.25, 0.3) is 11.0 Å². The van der Waals surface area contributed by atoms with Gasteiger partial charge in [0, 0.05) is 12.1 Å². The molecule has 2 heterocycles. The number of hydrogen-bond acceptors (Lipinski definition) is 0. The Morgan fingerprint density at radius 1 is 0.545 bits per heavy atom. The number of aryl methyl sites for hydroxylation is 2. The highest BCUT2D eigenvalue weighted by atomic mass is 15.0. The van der Waals surface area contributed by atoms with Gasteiger partial charge in [-0.05, 0) is 24.3 Å². The fourth-order valence-corrected chi connectivity index (χ4v) is 2.32. The summed E-state index contributed by atoms with van der Waals surface area (Å²) in [4.78, 5) is 0. The van der Waals surface area contributed by atoms with Crippen LogP contribution in [0.3, 0.4) is 0 Å². The average molecular weight is 300 g/mol. The summed E-state index contributed by atoms with van der Waals surface area (Å²) in [5, 5.41) is 2.55. The predicted molar refractivity (Wildman–Crippen MR) is 97.9 cm³/mol. The maximum Gasteiger partial charge on any atom is 0.285 e. The molecule has 3 aromatic rings. The van der Waals surface area contributed by atoms with Gasteiger partial charge in [0.1, 0.15) is 14.1 Å². The molecule has 0 fully saturated rings. The van der Waals surface area contributed by atoms with Crippen LogP contribution in [0.25, 0.3) is 21.8 Å². The quantitative estimate of drug-likeness (QED) is 0.419. The molecule has 0 N–H and O–H groups in total. The second-order valence-electron chi connectivity index (χ2n) is 4.18. The first kappa shape index (κ1) is 20.0. The zero-order valence-corrected chi connectivity index (χ0v) is 15.5. The fourth-order valence-electron chi connectivity index (χ4n) is 2.32. The molecule has 2 aromatic heterocycles. The molecule has 2 heteroatoms. The van der Waals surface area contributed by atoms with Crippen LogP contribution >= 0.6 is 0 Å². The van der Waals surface area contributed by atoms with Gasteiger partial charge in [-0.1, -0.05) is 41.5 Å². The summed E-state index contributed by atoms with van der Waals surface area (Å²) in [6.07, 6.45) is 4.18. The molecular formula is C20H32N2+2. The molecule has 0 aliphatic heterocycles. The van der Waals surface area contributed by atoms with Gasteiger partial charge in [0.05, 0.1) is 10.8 Å². The highest BCUT2D eigenvalue weighted by Crippen LogP contribution is 2.18.